The summed E-state index contributed by atoms with van der Waals surface area (Å²) in [7, 11) is 0. The van der Waals surface area contributed by atoms with Crippen LogP contribution in [-0.2, 0) is 0 Å². The highest BCUT2D eigenvalue weighted by Gasteiger charge is 2.33. The predicted molar refractivity (Wildman–Crippen MR) is 71.4 cm³/mol. The van der Waals surface area contributed by atoms with Gasteiger partial charge < -0.3 is 10.4 Å². The zero-order chi connectivity index (χ0) is 12.4. The van der Waals surface area contributed by atoms with Crippen LogP contribution in [0, 0.1) is 0 Å². The van der Waals surface area contributed by atoms with E-state index in [4.69, 9.17) is 0 Å². The zero-order valence-corrected chi connectivity index (χ0v) is 10.3. The van der Waals surface area contributed by atoms with Gasteiger partial charge in [0.2, 0.25) is 0 Å². The van der Waals surface area contributed by atoms with Gasteiger partial charge in [-0.05, 0) is 25.0 Å². The van der Waals surface area contributed by atoms with E-state index in [9.17, 15) is 5.11 Å². The number of nitrogens with zero attached hydrogens (tertiary/aromatic N) is 2. The molecule has 2 N–H and O–H groups in total. The van der Waals surface area contributed by atoms with Gasteiger partial charge in [0.1, 0.15) is 5.82 Å². The topological polar surface area (TPSA) is 58.0 Å². The van der Waals surface area contributed by atoms with Crippen molar-refractivity contribution >= 4 is 16.9 Å². The minimum absolute atomic E-state index is 0.154. The lowest BCUT2D eigenvalue weighted by Crippen LogP contribution is -2.39. The molecule has 4 nitrogen and oxygen atoms in total. The summed E-state index contributed by atoms with van der Waals surface area (Å²) < 4.78 is 0. The van der Waals surface area contributed by atoms with Crippen LogP contribution in [0.2, 0.25) is 0 Å². The molecule has 0 bridgehead atoms. The van der Waals surface area contributed by atoms with Crippen LogP contribution in [0.1, 0.15) is 25.7 Å². The van der Waals surface area contributed by atoms with Crippen molar-refractivity contribution in [3.05, 3.63) is 30.5 Å². The van der Waals surface area contributed by atoms with Gasteiger partial charge in [-0.15, -0.1) is 0 Å². The third kappa shape index (κ3) is 2.04. The van der Waals surface area contributed by atoms with E-state index in [0.717, 1.165) is 42.5 Å². The summed E-state index contributed by atoms with van der Waals surface area (Å²) in [4.78, 5) is 8.93. The number of aliphatic hydroxyl groups excluding tert-OH is 1. The van der Waals surface area contributed by atoms with Gasteiger partial charge in [0.25, 0.3) is 0 Å². The van der Waals surface area contributed by atoms with Gasteiger partial charge in [0.15, 0.2) is 0 Å². The van der Waals surface area contributed by atoms with E-state index < -0.39 is 0 Å². The number of anilines is 1. The summed E-state index contributed by atoms with van der Waals surface area (Å²) in [6.07, 6.45) is 6.07. The molecule has 0 aliphatic heterocycles. The Balaban J connectivity index is 1.90. The monoisotopic (exact) mass is 243 g/mol. The Hall–Kier alpha value is -1.68. The predicted octanol–water partition coefficient (Wildman–Crippen LogP) is 2.35. The molecule has 3 rings (SSSR count). The quantitative estimate of drug-likeness (QED) is 0.868. The smallest absolute Gasteiger partial charge is 0.145 e. The van der Waals surface area contributed by atoms with Crippen LogP contribution >= 0.6 is 0 Å². The molecule has 1 saturated carbocycles. The highest BCUT2D eigenvalue weighted by Crippen LogP contribution is 2.32. The number of para-hydroxylation sites is 2. The Labute approximate surface area is 106 Å². The molecule has 1 aromatic heterocycles. The van der Waals surface area contributed by atoms with Crippen LogP contribution in [0.3, 0.4) is 0 Å². The van der Waals surface area contributed by atoms with Crippen molar-refractivity contribution in [3.63, 3.8) is 0 Å². The normalized spacial score (nSPS) is 18.1. The lowest BCUT2D eigenvalue weighted by molar-refractivity contribution is 0.214. The molecule has 94 valence electrons. The molecule has 0 spiro atoms. The number of benzene rings is 1. The van der Waals surface area contributed by atoms with E-state index in [-0.39, 0.29) is 12.1 Å². The lowest BCUT2D eigenvalue weighted by Gasteiger charge is -2.28. The minimum Gasteiger partial charge on any atom is -0.394 e. The first kappa shape index (κ1) is 11.4. The number of rotatable bonds is 3. The van der Waals surface area contributed by atoms with Crippen LogP contribution in [0.4, 0.5) is 5.82 Å². The van der Waals surface area contributed by atoms with Gasteiger partial charge in [0.05, 0.1) is 29.4 Å². The largest absolute Gasteiger partial charge is 0.394 e. The third-order valence-electron chi connectivity index (χ3n) is 3.71. The maximum Gasteiger partial charge on any atom is 0.145 e. The molecule has 1 aliphatic rings. The Bertz CT molecular complexity index is 549. The average molecular weight is 243 g/mol. The van der Waals surface area contributed by atoms with E-state index in [2.05, 4.69) is 15.3 Å². The Morgan fingerprint density at radius 2 is 1.89 bits per heavy atom. The molecule has 4 heteroatoms. The standard InChI is InChI=1S/C14H17N3O/c18-10-14(7-3-4-8-14)17-13-9-15-11-5-1-2-6-12(11)16-13/h1-2,5-6,9,18H,3-4,7-8,10H2,(H,16,17). The first-order chi connectivity index (χ1) is 8.81. The van der Waals surface area contributed by atoms with Crippen LogP contribution in [0.15, 0.2) is 30.5 Å². The third-order valence-corrected chi connectivity index (χ3v) is 3.71. The molecular formula is C14H17N3O. The molecule has 1 fully saturated rings. The van der Waals surface area contributed by atoms with Crippen molar-refractivity contribution in [2.24, 2.45) is 0 Å². The lowest BCUT2D eigenvalue weighted by atomic mass is 9.99. The molecule has 0 unspecified atom stereocenters. The number of hydrogen-bond donors (Lipinski definition) is 2. The fourth-order valence-electron chi connectivity index (χ4n) is 2.66. The van der Waals surface area contributed by atoms with Crippen molar-refractivity contribution in [1.29, 1.82) is 0 Å². The molecule has 1 aliphatic carbocycles. The molecule has 1 heterocycles. The van der Waals surface area contributed by atoms with Crippen molar-refractivity contribution < 1.29 is 5.11 Å². The molecule has 1 aromatic carbocycles. The second-order valence-corrected chi connectivity index (χ2v) is 5.01. The number of fused-ring (bicyclic) bond motifs is 1. The van der Waals surface area contributed by atoms with Crippen LogP contribution in [0.25, 0.3) is 11.0 Å². The highest BCUT2D eigenvalue weighted by molar-refractivity contribution is 5.75. The highest BCUT2D eigenvalue weighted by atomic mass is 16.3. The van der Waals surface area contributed by atoms with Gasteiger partial charge >= 0.3 is 0 Å². The Kier molecular flexibility index (Phi) is 2.88. The molecular weight excluding hydrogens is 226 g/mol. The van der Waals surface area contributed by atoms with Crippen molar-refractivity contribution in [3.8, 4) is 0 Å². The summed E-state index contributed by atoms with van der Waals surface area (Å²) in [6.45, 7) is 0.154. The summed E-state index contributed by atoms with van der Waals surface area (Å²) in [5.74, 6) is 0.754. The van der Waals surface area contributed by atoms with E-state index in [0.29, 0.717) is 0 Å². The average Bonchev–Trinajstić information content (AvgIpc) is 2.88. The molecule has 0 radical (unpaired) electrons. The fraction of sp³-hybridized carbons (Fsp3) is 0.429. The fourth-order valence-corrected chi connectivity index (χ4v) is 2.66. The van der Waals surface area contributed by atoms with Gasteiger partial charge in [0, 0.05) is 0 Å². The van der Waals surface area contributed by atoms with Crippen LogP contribution in [0.5, 0.6) is 0 Å². The van der Waals surface area contributed by atoms with Crippen molar-refractivity contribution in [2.45, 2.75) is 31.2 Å². The minimum atomic E-state index is -0.197. The molecule has 2 aromatic rings. The van der Waals surface area contributed by atoms with Gasteiger partial charge in [-0.3, -0.25) is 4.98 Å². The van der Waals surface area contributed by atoms with Crippen LogP contribution in [-0.4, -0.2) is 27.2 Å². The number of aromatic nitrogens is 2. The number of hydrogen-bond acceptors (Lipinski definition) is 4. The first-order valence-corrected chi connectivity index (χ1v) is 6.42. The second kappa shape index (κ2) is 4.53. The van der Waals surface area contributed by atoms with Crippen LogP contribution < -0.4 is 5.32 Å². The number of aliphatic hydroxyl groups is 1. The zero-order valence-electron chi connectivity index (χ0n) is 10.3. The van der Waals surface area contributed by atoms with E-state index in [1.54, 1.807) is 6.20 Å². The van der Waals surface area contributed by atoms with Crippen molar-refractivity contribution in [2.75, 3.05) is 11.9 Å². The maximum atomic E-state index is 9.58. The molecule has 0 saturated heterocycles. The van der Waals surface area contributed by atoms with Gasteiger partial charge in [-0.2, -0.15) is 0 Å². The molecule has 0 atom stereocenters. The summed E-state index contributed by atoms with van der Waals surface area (Å²) >= 11 is 0. The first-order valence-electron chi connectivity index (χ1n) is 6.42. The van der Waals surface area contributed by atoms with Crippen molar-refractivity contribution in [1.82, 2.24) is 9.97 Å². The maximum absolute atomic E-state index is 9.58. The Morgan fingerprint density at radius 3 is 2.61 bits per heavy atom. The summed E-state index contributed by atoms with van der Waals surface area (Å²) in [5, 5.41) is 13.0. The number of nitrogens with one attached hydrogen (secondary N) is 1. The van der Waals surface area contributed by atoms with E-state index in [1.165, 1.54) is 0 Å². The second-order valence-electron chi connectivity index (χ2n) is 5.01. The molecule has 18 heavy (non-hydrogen) atoms. The van der Waals surface area contributed by atoms with Gasteiger partial charge in [-0.25, -0.2) is 4.98 Å². The van der Waals surface area contributed by atoms with E-state index in [1.807, 2.05) is 24.3 Å². The molecule has 0 amide bonds. The summed E-state index contributed by atoms with van der Waals surface area (Å²) in [5.41, 5.74) is 1.58. The van der Waals surface area contributed by atoms with Gasteiger partial charge in [-0.1, -0.05) is 25.0 Å². The summed E-state index contributed by atoms with van der Waals surface area (Å²) in [6, 6.07) is 7.81. The Morgan fingerprint density at radius 1 is 1.17 bits per heavy atom. The van der Waals surface area contributed by atoms with E-state index >= 15 is 0 Å². The SMILES string of the molecule is OCC1(Nc2cnc3ccccc3n2)CCCC1.